The van der Waals surface area contributed by atoms with Crippen LogP contribution in [-0.2, 0) is 4.79 Å². The van der Waals surface area contributed by atoms with Crippen LogP contribution in [0, 0.1) is 13.5 Å². The molecule has 0 radical (unpaired) electrons. The fourth-order valence-electron chi connectivity index (χ4n) is 5.89. The molecule has 4 aromatic rings. The van der Waals surface area contributed by atoms with Gasteiger partial charge >= 0.3 is 0 Å². The number of piperazine rings is 1. The van der Waals surface area contributed by atoms with Crippen LogP contribution in [0.5, 0.6) is 0 Å². The zero-order valence-corrected chi connectivity index (χ0v) is 24.6. The zero-order chi connectivity index (χ0) is 29.4. The highest BCUT2D eigenvalue weighted by molar-refractivity contribution is 6.34. The van der Waals surface area contributed by atoms with Gasteiger partial charge in [-0.1, -0.05) is 74.5 Å². The molecule has 3 aromatic carbocycles. The number of aryl methyl sites for hydroxylation is 1. The predicted molar refractivity (Wildman–Crippen MR) is 169 cm³/mol. The number of para-hydroxylation sites is 1. The van der Waals surface area contributed by atoms with Crippen LogP contribution in [0.4, 0.5) is 11.4 Å². The van der Waals surface area contributed by atoms with Gasteiger partial charge in [-0.05, 0) is 60.7 Å². The predicted octanol–water partition coefficient (Wildman–Crippen LogP) is 7.52. The molecule has 1 aliphatic heterocycles. The summed E-state index contributed by atoms with van der Waals surface area (Å²) in [5, 5.41) is 1.27. The highest BCUT2D eigenvalue weighted by Gasteiger charge is 2.31. The Morgan fingerprint density at radius 2 is 1.80 bits per heavy atom. The fourth-order valence-corrected chi connectivity index (χ4v) is 6.16. The van der Waals surface area contributed by atoms with Gasteiger partial charge < -0.3 is 9.80 Å². The Morgan fingerprint density at radius 1 is 1.10 bits per heavy atom. The topological polar surface area (TPSA) is 49.9 Å². The third kappa shape index (κ3) is 4.92. The summed E-state index contributed by atoms with van der Waals surface area (Å²) in [7, 11) is 0. The molecular weight excluding hydrogens is 532 g/mol. The van der Waals surface area contributed by atoms with E-state index in [4.69, 9.17) is 18.2 Å². The second kappa shape index (κ2) is 11.3. The van der Waals surface area contributed by atoms with Gasteiger partial charge in [0.05, 0.1) is 23.5 Å². The number of amides is 1. The van der Waals surface area contributed by atoms with Gasteiger partial charge in [-0.3, -0.25) is 14.2 Å². The molecule has 5 rings (SSSR count). The lowest BCUT2D eigenvalue weighted by molar-refractivity contribution is -0.126. The Balaban J connectivity index is 1.87. The van der Waals surface area contributed by atoms with E-state index in [1.165, 1.54) is 6.08 Å². The summed E-state index contributed by atoms with van der Waals surface area (Å²) >= 11 is 7.01. The van der Waals surface area contributed by atoms with Crippen molar-refractivity contribution >= 4 is 39.8 Å². The maximum atomic E-state index is 14.4. The lowest BCUT2D eigenvalue weighted by atomic mass is 9.96. The minimum absolute atomic E-state index is 0.0473. The Labute approximate surface area is 245 Å². The first kappa shape index (κ1) is 28.2. The number of pyridine rings is 1. The van der Waals surface area contributed by atoms with E-state index in [1.807, 2.05) is 74.5 Å². The van der Waals surface area contributed by atoms with E-state index in [1.54, 1.807) is 9.47 Å². The molecule has 0 unspecified atom stereocenters. The van der Waals surface area contributed by atoms with Crippen LogP contribution in [0.3, 0.4) is 0 Å². The van der Waals surface area contributed by atoms with E-state index in [0.717, 1.165) is 33.3 Å². The number of fused-ring (bicyclic) bond motifs is 1. The number of nitrogens with zero attached hydrogens (tertiary/aromatic N) is 4. The number of carbonyl (C=O) groups excluding carboxylic acids is 1. The largest absolute Gasteiger partial charge is 0.373 e. The average Bonchev–Trinajstić information content (AvgIpc) is 2.96. The molecule has 0 N–H and O–H groups in total. The molecule has 0 spiro atoms. The molecule has 41 heavy (non-hydrogen) atoms. The van der Waals surface area contributed by atoms with Gasteiger partial charge in [-0.2, -0.15) is 0 Å². The number of hydrogen-bond donors (Lipinski definition) is 0. The standard InChI is InChI=1S/C34H33ClN4O2/c1-7-31(40)37-16-17-38(23(5)20-37)33-27-18-28(35)26(25-14-9-8-12-22(25)4)19-30(27)39(34(41)32(33)36-6)29-15-11-10-13-24(29)21(2)3/h7-15,18-19,21,23H,1,16-17,20H2,2-5H3/t23-/m0/s1. The monoisotopic (exact) mass is 564 g/mol. The van der Waals surface area contributed by atoms with Crippen molar-refractivity contribution in [1.29, 1.82) is 0 Å². The van der Waals surface area contributed by atoms with Crippen LogP contribution >= 0.6 is 11.6 Å². The average molecular weight is 565 g/mol. The van der Waals surface area contributed by atoms with Gasteiger partial charge in [-0.25, -0.2) is 4.85 Å². The van der Waals surface area contributed by atoms with E-state index < -0.39 is 0 Å². The van der Waals surface area contributed by atoms with Crippen molar-refractivity contribution in [2.45, 2.75) is 39.7 Å². The lowest BCUT2D eigenvalue weighted by Gasteiger charge is -2.42. The Morgan fingerprint density at radius 3 is 2.46 bits per heavy atom. The Kier molecular flexibility index (Phi) is 7.75. The van der Waals surface area contributed by atoms with Crippen molar-refractivity contribution in [2.75, 3.05) is 24.5 Å². The number of carbonyl (C=O) groups is 1. The number of anilines is 1. The van der Waals surface area contributed by atoms with Crippen molar-refractivity contribution in [3.63, 3.8) is 0 Å². The zero-order valence-electron chi connectivity index (χ0n) is 23.8. The van der Waals surface area contributed by atoms with E-state index in [9.17, 15) is 9.59 Å². The van der Waals surface area contributed by atoms with Crippen molar-refractivity contribution < 1.29 is 4.79 Å². The first-order valence-electron chi connectivity index (χ1n) is 13.8. The molecular formula is C34H33ClN4O2. The van der Waals surface area contributed by atoms with Gasteiger partial charge in [0.2, 0.25) is 5.91 Å². The van der Waals surface area contributed by atoms with E-state index in [2.05, 4.69) is 30.2 Å². The van der Waals surface area contributed by atoms with Gasteiger partial charge in [0.1, 0.15) is 0 Å². The maximum Gasteiger partial charge on any atom is 0.274 e. The van der Waals surface area contributed by atoms with Crippen molar-refractivity contribution in [3.8, 4) is 16.8 Å². The number of halogens is 1. The maximum absolute atomic E-state index is 14.4. The lowest BCUT2D eigenvalue weighted by Crippen LogP contribution is -2.53. The highest BCUT2D eigenvalue weighted by atomic mass is 35.5. The van der Waals surface area contributed by atoms with Gasteiger partial charge in [-0.15, -0.1) is 0 Å². The molecule has 0 saturated carbocycles. The van der Waals surface area contributed by atoms with Crippen molar-refractivity contribution in [3.05, 3.63) is 111 Å². The molecule has 1 aliphatic rings. The second-order valence-corrected chi connectivity index (χ2v) is 11.3. The molecule has 208 valence electrons. The third-order valence-corrected chi connectivity index (χ3v) is 8.27. The van der Waals surface area contributed by atoms with Crippen molar-refractivity contribution in [1.82, 2.24) is 9.47 Å². The normalized spacial score (nSPS) is 15.3. The van der Waals surface area contributed by atoms with Crippen LogP contribution in [0.25, 0.3) is 32.6 Å². The van der Waals surface area contributed by atoms with Crippen LogP contribution in [0.2, 0.25) is 5.02 Å². The summed E-state index contributed by atoms with van der Waals surface area (Å²) in [6.45, 7) is 21.4. The fraction of sp³-hybridized carbons (Fsp3) is 0.265. The molecule has 1 aromatic heterocycles. The van der Waals surface area contributed by atoms with Crippen LogP contribution in [0.15, 0.2) is 78.1 Å². The number of aromatic nitrogens is 1. The molecule has 7 heteroatoms. The Hall–Kier alpha value is -4.34. The first-order chi connectivity index (χ1) is 19.7. The SMILES string of the molecule is [C-]#[N+]c1c(N2CCN(C(=O)C=C)C[C@@H]2C)c2cc(Cl)c(-c3ccccc3C)cc2n(-c2ccccc2C(C)C)c1=O. The molecule has 1 atom stereocenters. The summed E-state index contributed by atoms with van der Waals surface area (Å²) in [6.07, 6.45) is 1.32. The highest BCUT2D eigenvalue weighted by Crippen LogP contribution is 2.42. The minimum Gasteiger partial charge on any atom is -0.373 e. The molecule has 1 saturated heterocycles. The molecule has 2 heterocycles. The second-order valence-electron chi connectivity index (χ2n) is 10.9. The molecule has 0 bridgehead atoms. The Bertz CT molecular complexity index is 1780. The van der Waals surface area contributed by atoms with E-state index in [-0.39, 0.29) is 29.1 Å². The number of rotatable bonds is 5. The van der Waals surface area contributed by atoms with Crippen LogP contribution in [0.1, 0.15) is 37.8 Å². The van der Waals surface area contributed by atoms with Crippen molar-refractivity contribution in [2.24, 2.45) is 0 Å². The summed E-state index contributed by atoms with van der Waals surface area (Å²) in [5.41, 5.74) is 5.56. The molecule has 6 nitrogen and oxygen atoms in total. The van der Waals surface area contributed by atoms with Gasteiger partial charge in [0.25, 0.3) is 11.2 Å². The van der Waals surface area contributed by atoms with E-state index in [0.29, 0.717) is 35.9 Å². The summed E-state index contributed by atoms with van der Waals surface area (Å²) < 4.78 is 1.68. The summed E-state index contributed by atoms with van der Waals surface area (Å²) in [5.74, 6) is 0.0289. The smallest absolute Gasteiger partial charge is 0.274 e. The summed E-state index contributed by atoms with van der Waals surface area (Å²) in [6, 6.07) is 19.6. The quantitative estimate of drug-likeness (QED) is 0.186. The van der Waals surface area contributed by atoms with Gasteiger partial charge in [0.15, 0.2) is 0 Å². The van der Waals surface area contributed by atoms with Crippen LogP contribution < -0.4 is 10.5 Å². The van der Waals surface area contributed by atoms with Gasteiger partial charge in [0, 0.05) is 41.6 Å². The third-order valence-electron chi connectivity index (χ3n) is 7.96. The molecule has 1 fully saturated rings. The van der Waals surface area contributed by atoms with E-state index >= 15 is 0 Å². The van der Waals surface area contributed by atoms with Crippen LogP contribution in [-0.4, -0.2) is 41.1 Å². The molecule has 1 amide bonds. The number of benzene rings is 3. The summed E-state index contributed by atoms with van der Waals surface area (Å²) in [4.78, 5) is 34.4. The molecule has 0 aliphatic carbocycles. The number of hydrogen-bond acceptors (Lipinski definition) is 3. The minimum atomic E-state index is -0.370. The first-order valence-corrected chi connectivity index (χ1v) is 14.2.